The first-order valence-electron chi connectivity index (χ1n) is 7.72. The van der Waals surface area contributed by atoms with Crippen molar-refractivity contribution in [1.82, 2.24) is 4.98 Å². The molecule has 0 N–H and O–H groups in total. The van der Waals surface area contributed by atoms with Crippen LogP contribution in [-0.4, -0.2) is 23.8 Å². The van der Waals surface area contributed by atoms with Gasteiger partial charge in [-0.05, 0) is 30.0 Å². The van der Waals surface area contributed by atoms with E-state index in [4.69, 9.17) is 9.72 Å². The number of carbonyl (C=O) groups excluding carboxylic acids is 2. The molecular weight excluding hydrogens is 370 g/mol. The summed E-state index contributed by atoms with van der Waals surface area (Å²) in [7, 11) is 1.33. The Kier molecular flexibility index (Phi) is 4.30. The number of pyridine rings is 1. The van der Waals surface area contributed by atoms with Crippen LogP contribution in [0, 0.1) is 5.41 Å². The number of hydrogen-bond acceptors (Lipinski definition) is 4. The third-order valence-electron chi connectivity index (χ3n) is 4.20. The van der Waals surface area contributed by atoms with Crippen LogP contribution in [0.4, 0.5) is 0 Å². The Bertz CT molecular complexity index is 825. The van der Waals surface area contributed by atoms with Crippen molar-refractivity contribution in [3.63, 3.8) is 0 Å². The van der Waals surface area contributed by atoms with Crippen LogP contribution in [0.5, 0.6) is 0 Å². The van der Waals surface area contributed by atoms with Gasteiger partial charge < -0.3 is 4.74 Å². The van der Waals surface area contributed by atoms with Crippen molar-refractivity contribution in [3.05, 3.63) is 51.6 Å². The van der Waals surface area contributed by atoms with Crippen molar-refractivity contribution < 1.29 is 14.3 Å². The van der Waals surface area contributed by atoms with E-state index in [-0.39, 0.29) is 11.2 Å². The second-order valence-corrected chi connectivity index (χ2v) is 7.73. The molecule has 1 aromatic carbocycles. The summed E-state index contributed by atoms with van der Waals surface area (Å²) in [6.45, 7) is 4.08. The Hall–Kier alpha value is -2.01. The molecule has 4 nitrogen and oxygen atoms in total. The van der Waals surface area contributed by atoms with Gasteiger partial charge in [-0.15, -0.1) is 0 Å². The molecule has 1 aliphatic carbocycles. The zero-order valence-corrected chi connectivity index (χ0v) is 15.4. The van der Waals surface area contributed by atoms with E-state index in [9.17, 15) is 9.59 Å². The van der Waals surface area contributed by atoms with Gasteiger partial charge in [0.15, 0.2) is 5.78 Å². The molecule has 0 atom stereocenters. The molecule has 0 aliphatic heterocycles. The molecule has 1 aromatic heterocycles. The fourth-order valence-corrected chi connectivity index (χ4v) is 3.38. The number of Topliss-reactive ketones (excluding diaryl/α,β-unsaturated/α-hetero) is 1. The molecule has 5 heteroatoms. The average Bonchev–Trinajstić information content (AvgIpc) is 2.52. The number of benzene rings is 1. The first-order valence-corrected chi connectivity index (χ1v) is 8.51. The number of ether oxygens (including phenoxy) is 1. The van der Waals surface area contributed by atoms with E-state index in [1.54, 1.807) is 6.07 Å². The zero-order chi connectivity index (χ0) is 17.5. The third kappa shape index (κ3) is 3.13. The van der Waals surface area contributed by atoms with Gasteiger partial charge in [0, 0.05) is 16.5 Å². The molecule has 0 saturated heterocycles. The monoisotopic (exact) mass is 387 g/mol. The summed E-state index contributed by atoms with van der Waals surface area (Å²) in [5.74, 6) is -0.545. The van der Waals surface area contributed by atoms with Crippen LogP contribution in [0.2, 0.25) is 0 Å². The van der Waals surface area contributed by atoms with Crippen LogP contribution >= 0.6 is 15.9 Å². The number of hydrogen-bond donors (Lipinski definition) is 0. The van der Waals surface area contributed by atoms with Gasteiger partial charge in [0.05, 0.1) is 29.6 Å². The summed E-state index contributed by atoms with van der Waals surface area (Å²) < 4.78 is 5.85. The number of nitrogens with zero attached hydrogens (tertiary/aromatic N) is 1. The van der Waals surface area contributed by atoms with Gasteiger partial charge in [0.1, 0.15) is 0 Å². The smallest absolute Gasteiger partial charge is 0.338 e. The van der Waals surface area contributed by atoms with Gasteiger partial charge in [-0.2, -0.15) is 0 Å². The summed E-state index contributed by atoms with van der Waals surface area (Å²) in [4.78, 5) is 29.5. The molecule has 1 aliphatic rings. The second-order valence-electron chi connectivity index (χ2n) is 6.82. The van der Waals surface area contributed by atoms with Gasteiger partial charge in [-0.3, -0.25) is 9.78 Å². The maximum Gasteiger partial charge on any atom is 0.338 e. The topological polar surface area (TPSA) is 56.3 Å². The van der Waals surface area contributed by atoms with E-state index >= 15 is 0 Å². The van der Waals surface area contributed by atoms with Crippen LogP contribution in [0.25, 0.3) is 11.3 Å². The van der Waals surface area contributed by atoms with E-state index in [2.05, 4.69) is 15.9 Å². The van der Waals surface area contributed by atoms with Gasteiger partial charge in [-0.25, -0.2) is 4.79 Å². The van der Waals surface area contributed by atoms with Gasteiger partial charge >= 0.3 is 5.97 Å². The molecule has 0 amide bonds. The fourth-order valence-electron chi connectivity index (χ4n) is 3.12. The molecule has 3 rings (SSSR count). The highest BCUT2D eigenvalue weighted by Crippen LogP contribution is 2.37. The van der Waals surface area contributed by atoms with Crippen LogP contribution < -0.4 is 0 Å². The van der Waals surface area contributed by atoms with Crippen molar-refractivity contribution in [2.24, 2.45) is 5.41 Å². The molecule has 0 unspecified atom stereocenters. The van der Waals surface area contributed by atoms with E-state index < -0.39 is 5.97 Å². The minimum Gasteiger partial charge on any atom is -0.465 e. The average molecular weight is 388 g/mol. The second kappa shape index (κ2) is 6.13. The zero-order valence-electron chi connectivity index (χ0n) is 13.9. The molecule has 2 aromatic rings. The number of aromatic nitrogens is 1. The molecule has 0 bridgehead atoms. The van der Waals surface area contributed by atoms with Crippen molar-refractivity contribution in [1.29, 1.82) is 0 Å². The Labute approximate surface area is 149 Å². The van der Waals surface area contributed by atoms with Gasteiger partial charge in [0.2, 0.25) is 0 Å². The quantitative estimate of drug-likeness (QED) is 0.714. The number of esters is 1. The Balaban J connectivity index is 2.22. The fraction of sp³-hybridized carbons (Fsp3) is 0.316. The molecule has 24 heavy (non-hydrogen) atoms. The molecule has 0 fully saturated rings. The van der Waals surface area contributed by atoms with E-state index in [0.29, 0.717) is 35.4 Å². The number of carbonyl (C=O) groups is 2. The maximum absolute atomic E-state index is 12.6. The molecular formula is C19H18BrNO3. The normalized spacial score (nSPS) is 15.8. The minimum atomic E-state index is -0.500. The Morgan fingerprint density at radius 2 is 1.88 bits per heavy atom. The molecule has 124 valence electrons. The van der Waals surface area contributed by atoms with Crippen LogP contribution in [0.3, 0.4) is 0 Å². The lowest BCUT2D eigenvalue weighted by molar-refractivity contribution is 0.0594. The first kappa shape index (κ1) is 16.8. The highest BCUT2D eigenvalue weighted by Gasteiger charge is 2.35. The standard InChI is InChI=1S/C19H18BrNO3/c1-19(2)9-15-17(16(22)10-19)13(18(23)24-3)8-14(21-15)11-4-6-12(20)7-5-11/h4-8H,9-10H2,1-3H3. The van der Waals surface area contributed by atoms with Crippen molar-refractivity contribution >= 4 is 27.7 Å². The van der Waals surface area contributed by atoms with E-state index in [1.807, 2.05) is 38.1 Å². The van der Waals surface area contributed by atoms with Crippen molar-refractivity contribution in [2.45, 2.75) is 26.7 Å². The lowest BCUT2D eigenvalue weighted by Gasteiger charge is -2.30. The molecule has 0 radical (unpaired) electrons. The molecule has 0 saturated carbocycles. The molecule has 1 heterocycles. The number of ketones is 1. The highest BCUT2D eigenvalue weighted by molar-refractivity contribution is 9.10. The van der Waals surface area contributed by atoms with Crippen molar-refractivity contribution in [3.8, 4) is 11.3 Å². The highest BCUT2D eigenvalue weighted by atomic mass is 79.9. The number of methoxy groups -OCH3 is 1. The summed E-state index contributed by atoms with van der Waals surface area (Å²) >= 11 is 3.41. The van der Waals surface area contributed by atoms with Crippen LogP contribution in [-0.2, 0) is 11.2 Å². The van der Waals surface area contributed by atoms with Crippen LogP contribution in [0.1, 0.15) is 46.7 Å². The predicted octanol–water partition coefficient (Wildman–Crippen LogP) is 4.45. The Morgan fingerprint density at radius 3 is 2.50 bits per heavy atom. The lowest BCUT2D eigenvalue weighted by atomic mass is 9.74. The summed E-state index contributed by atoms with van der Waals surface area (Å²) in [6, 6.07) is 9.35. The lowest BCUT2D eigenvalue weighted by Crippen LogP contribution is -2.30. The largest absolute Gasteiger partial charge is 0.465 e. The van der Waals surface area contributed by atoms with Gasteiger partial charge in [-0.1, -0.05) is 41.9 Å². The van der Waals surface area contributed by atoms with E-state index in [0.717, 1.165) is 10.0 Å². The summed E-state index contributed by atoms with van der Waals surface area (Å²) in [5, 5.41) is 0. The molecule has 0 spiro atoms. The van der Waals surface area contributed by atoms with Crippen LogP contribution in [0.15, 0.2) is 34.8 Å². The first-order chi connectivity index (χ1) is 11.3. The van der Waals surface area contributed by atoms with Gasteiger partial charge in [0.25, 0.3) is 0 Å². The third-order valence-corrected chi connectivity index (χ3v) is 4.73. The SMILES string of the molecule is COC(=O)c1cc(-c2ccc(Br)cc2)nc2c1C(=O)CC(C)(C)C2. The Morgan fingerprint density at radius 1 is 1.21 bits per heavy atom. The number of fused-ring (bicyclic) bond motifs is 1. The number of rotatable bonds is 2. The van der Waals surface area contributed by atoms with Crippen molar-refractivity contribution in [2.75, 3.05) is 7.11 Å². The minimum absolute atomic E-state index is 0.0449. The maximum atomic E-state index is 12.6. The van der Waals surface area contributed by atoms with E-state index in [1.165, 1.54) is 7.11 Å². The summed E-state index contributed by atoms with van der Waals surface area (Å²) in [5.41, 5.74) is 2.80. The number of halogens is 1. The predicted molar refractivity (Wildman–Crippen MR) is 95.1 cm³/mol. The summed E-state index contributed by atoms with van der Waals surface area (Å²) in [6.07, 6.45) is 1.06.